The Balaban J connectivity index is 0. The maximum atomic E-state index is 6.67. The van der Waals surface area contributed by atoms with Crippen LogP contribution in [0, 0.1) is 27.1 Å². The smallest absolute Gasteiger partial charge is 0.0544 e. The summed E-state index contributed by atoms with van der Waals surface area (Å²) in [6.45, 7) is 38.2. The highest BCUT2D eigenvalue weighted by molar-refractivity contribution is 4.85. The lowest BCUT2D eigenvalue weighted by molar-refractivity contribution is -0.0768. The van der Waals surface area contributed by atoms with Crippen molar-refractivity contribution >= 4 is 0 Å². The van der Waals surface area contributed by atoms with Crippen molar-refractivity contribution in [3.05, 3.63) is 0 Å². The lowest BCUT2D eigenvalue weighted by Crippen LogP contribution is -2.37. The van der Waals surface area contributed by atoms with E-state index in [1.54, 1.807) is 0 Å². The van der Waals surface area contributed by atoms with Crippen LogP contribution in [-0.2, 0) is 14.2 Å². The van der Waals surface area contributed by atoms with E-state index in [0.29, 0.717) is 21.7 Å². The monoisotopic (exact) mass is 795 g/mol. The van der Waals surface area contributed by atoms with E-state index < -0.39 is 0 Å². The quantitative estimate of drug-likeness (QED) is 0.0618. The van der Waals surface area contributed by atoms with Crippen LogP contribution in [0.25, 0.3) is 0 Å². The Morgan fingerprint density at radius 3 is 0.411 bits per heavy atom. The van der Waals surface area contributed by atoms with Gasteiger partial charge >= 0.3 is 0 Å². The molecule has 0 aromatic carbocycles. The van der Waals surface area contributed by atoms with Gasteiger partial charge in [-0.1, -0.05) is 187 Å². The molecule has 0 aromatic rings. The van der Waals surface area contributed by atoms with Gasteiger partial charge in [-0.05, 0) is 112 Å². The third-order valence-corrected chi connectivity index (χ3v) is 13.4. The molecular weight excluding hydrogens is 685 g/mol. The summed E-state index contributed by atoms with van der Waals surface area (Å²) < 4.78 is 19.8. The maximum Gasteiger partial charge on any atom is 0.0544 e. The molecule has 56 heavy (non-hydrogen) atoms. The summed E-state index contributed by atoms with van der Waals surface area (Å²) in [6, 6.07) is 0. The Morgan fingerprint density at radius 2 is 0.286 bits per heavy atom. The predicted octanol–water partition coefficient (Wildman–Crippen LogP) is 18.2. The minimum Gasteiger partial charge on any atom is -0.380 e. The Bertz CT molecular complexity index is 686. The fraction of sp³-hybridized carbons (Fsp3) is 1.00. The summed E-state index contributed by atoms with van der Waals surface area (Å²) in [5.74, 6) is 0. The Hall–Kier alpha value is -0.120. The van der Waals surface area contributed by atoms with Crippen molar-refractivity contribution < 1.29 is 14.2 Å². The highest BCUT2D eigenvalue weighted by Gasteiger charge is 2.35. The first-order valence-corrected chi connectivity index (χ1v) is 25.7. The van der Waals surface area contributed by atoms with Crippen LogP contribution in [0.15, 0.2) is 0 Å². The third-order valence-electron chi connectivity index (χ3n) is 13.4. The lowest BCUT2D eigenvalue weighted by Gasteiger charge is -2.39. The molecule has 3 heteroatoms. The maximum absolute atomic E-state index is 6.67. The summed E-state index contributed by atoms with van der Waals surface area (Å²) >= 11 is 0. The van der Waals surface area contributed by atoms with Crippen molar-refractivity contribution in [2.45, 2.75) is 277 Å². The Labute approximate surface area is 356 Å². The second kappa shape index (κ2) is 35.6. The molecule has 0 heterocycles. The van der Waals surface area contributed by atoms with Gasteiger partial charge in [-0.15, -0.1) is 0 Å². The van der Waals surface area contributed by atoms with Crippen molar-refractivity contribution in [2.24, 2.45) is 27.1 Å². The topological polar surface area (TPSA) is 27.7 Å². The average Bonchev–Trinajstić information content (AvgIpc) is 3.14. The van der Waals surface area contributed by atoms with Crippen molar-refractivity contribution in [1.82, 2.24) is 0 Å². The molecule has 0 aliphatic heterocycles. The minimum atomic E-state index is 0.177. The van der Waals surface area contributed by atoms with Gasteiger partial charge in [0.05, 0.1) is 39.6 Å². The third kappa shape index (κ3) is 23.6. The minimum absolute atomic E-state index is 0.177. The fourth-order valence-electron chi connectivity index (χ4n) is 11.7. The highest BCUT2D eigenvalue weighted by atomic mass is 16.5. The van der Waals surface area contributed by atoms with Crippen LogP contribution in [0.5, 0.6) is 0 Å². The van der Waals surface area contributed by atoms with Crippen molar-refractivity contribution in [1.29, 1.82) is 0 Å². The van der Waals surface area contributed by atoms with Crippen molar-refractivity contribution in [2.75, 3.05) is 39.6 Å². The number of hydrogen-bond acceptors (Lipinski definition) is 3. The average molecular weight is 795 g/mol. The Kier molecular flexibility index (Phi) is 36.9. The van der Waals surface area contributed by atoms with Crippen LogP contribution < -0.4 is 0 Å². The number of ether oxygens (including phenoxy) is 3. The molecule has 0 N–H and O–H groups in total. The first kappa shape index (κ1) is 58.0. The van der Waals surface area contributed by atoms with E-state index in [9.17, 15) is 0 Å². The standard InChI is InChI=1S/C31H64O2.C22H46O/c1-9-17-29(18-10-2,19-11-3)25-32-27-31(23-15-7,24-16-8)28-33-26-30(20-12-4,21-13-5)22-14-6;1-7-13-21(14-8-2,15-9-3)19-23-20-22(16-10-4,17-11-5)18-12-6/h9-28H2,1-8H3;7-20H2,1-6H3. The van der Waals surface area contributed by atoms with Gasteiger partial charge < -0.3 is 14.2 Å². The zero-order valence-corrected chi connectivity index (χ0v) is 41.8. The molecule has 340 valence electrons. The molecule has 0 saturated heterocycles. The highest BCUT2D eigenvalue weighted by Crippen LogP contribution is 2.41. The molecule has 0 spiro atoms. The normalized spacial score (nSPS) is 13.0. The number of hydrogen-bond donors (Lipinski definition) is 0. The largest absolute Gasteiger partial charge is 0.380 e. The molecule has 0 fully saturated rings. The van der Waals surface area contributed by atoms with Gasteiger partial charge in [0, 0.05) is 5.41 Å². The van der Waals surface area contributed by atoms with Crippen LogP contribution >= 0.6 is 0 Å². The summed E-state index contributed by atoms with van der Waals surface area (Å²) in [7, 11) is 0. The Morgan fingerprint density at radius 1 is 0.179 bits per heavy atom. The summed E-state index contributed by atoms with van der Waals surface area (Å²) in [6.07, 6.45) is 35.9. The molecule has 0 rings (SSSR count). The van der Waals surface area contributed by atoms with Crippen LogP contribution in [-0.4, -0.2) is 39.6 Å². The first-order valence-electron chi connectivity index (χ1n) is 25.7. The van der Waals surface area contributed by atoms with E-state index >= 15 is 0 Å². The SMILES string of the molecule is CCCC(CCC)(CCC)COCC(CCC)(CCC)CCC.CCCC(CCC)(CCC)COCC(CCC)(CCC)COCC(CCC)(CCC)CCC. The van der Waals surface area contributed by atoms with Crippen molar-refractivity contribution in [3.63, 3.8) is 0 Å². The summed E-state index contributed by atoms with van der Waals surface area (Å²) in [5, 5.41) is 0. The van der Waals surface area contributed by atoms with E-state index in [2.05, 4.69) is 96.9 Å². The summed E-state index contributed by atoms with van der Waals surface area (Å²) in [4.78, 5) is 0. The van der Waals surface area contributed by atoms with E-state index in [4.69, 9.17) is 14.2 Å². The molecule has 0 bridgehead atoms. The molecule has 0 aliphatic rings. The molecule has 0 unspecified atom stereocenters. The first-order chi connectivity index (χ1) is 27.0. The number of rotatable bonds is 40. The van der Waals surface area contributed by atoms with E-state index in [-0.39, 0.29) is 5.41 Å². The molecule has 0 atom stereocenters. The molecule has 0 amide bonds. The zero-order chi connectivity index (χ0) is 42.7. The zero-order valence-electron chi connectivity index (χ0n) is 41.8. The van der Waals surface area contributed by atoms with Crippen LogP contribution in [0.4, 0.5) is 0 Å². The van der Waals surface area contributed by atoms with Gasteiger partial charge in [0.25, 0.3) is 0 Å². The molecular formula is C53H110O3. The summed E-state index contributed by atoms with van der Waals surface area (Å²) in [5.41, 5.74) is 1.81. The van der Waals surface area contributed by atoms with Crippen molar-refractivity contribution in [3.8, 4) is 0 Å². The van der Waals surface area contributed by atoms with Crippen LogP contribution in [0.2, 0.25) is 0 Å². The molecule has 0 radical (unpaired) electrons. The second-order valence-corrected chi connectivity index (χ2v) is 19.5. The molecule has 0 aliphatic carbocycles. The van der Waals surface area contributed by atoms with E-state index in [0.717, 1.165) is 39.6 Å². The van der Waals surface area contributed by atoms with Gasteiger partial charge in [-0.3, -0.25) is 0 Å². The predicted molar refractivity (Wildman–Crippen MR) is 253 cm³/mol. The van der Waals surface area contributed by atoms with Crippen LogP contribution in [0.3, 0.4) is 0 Å². The van der Waals surface area contributed by atoms with Gasteiger partial charge in [-0.25, -0.2) is 0 Å². The molecule has 0 aromatic heterocycles. The van der Waals surface area contributed by atoms with Crippen LogP contribution in [0.1, 0.15) is 277 Å². The molecule has 0 saturated carbocycles. The fourth-order valence-corrected chi connectivity index (χ4v) is 11.7. The van der Waals surface area contributed by atoms with Gasteiger partial charge in [0.2, 0.25) is 0 Å². The van der Waals surface area contributed by atoms with Gasteiger partial charge in [-0.2, -0.15) is 0 Å². The van der Waals surface area contributed by atoms with Gasteiger partial charge in [0.1, 0.15) is 0 Å². The lowest BCUT2D eigenvalue weighted by atomic mass is 9.75. The molecule has 3 nitrogen and oxygen atoms in total. The van der Waals surface area contributed by atoms with Gasteiger partial charge in [0.15, 0.2) is 0 Å². The second-order valence-electron chi connectivity index (χ2n) is 19.5. The van der Waals surface area contributed by atoms with E-state index in [1.807, 2.05) is 0 Å². The van der Waals surface area contributed by atoms with E-state index in [1.165, 1.54) is 180 Å².